The van der Waals surface area contributed by atoms with Crippen molar-refractivity contribution in [2.24, 2.45) is 5.73 Å². The van der Waals surface area contributed by atoms with Crippen LogP contribution in [0.3, 0.4) is 0 Å². The zero-order valence-electron chi connectivity index (χ0n) is 22.5. The van der Waals surface area contributed by atoms with Crippen LogP contribution in [0.25, 0.3) is 0 Å². The van der Waals surface area contributed by atoms with Gasteiger partial charge in [-0.2, -0.15) is 0 Å². The molecular weight excluding hydrogens is 486 g/mol. The first-order valence-electron chi connectivity index (χ1n) is 13.2. The lowest BCUT2D eigenvalue weighted by molar-refractivity contribution is -0.118. The second kappa shape index (κ2) is 12.6. The van der Waals surface area contributed by atoms with Crippen molar-refractivity contribution in [3.05, 3.63) is 82.6 Å². The molecule has 0 radical (unpaired) electrons. The first-order chi connectivity index (χ1) is 18.0. The van der Waals surface area contributed by atoms with Crippen molar-refractivity contribution in [3.63, 3.8) is 0 Å². The monoisotopic (exact) mass is 526 g/mol. The Kier molecular flexibility index (Phi) is 9.79. The molecule has 0 aliphatic heterocycles. The molecule has 1 amide bonds. The summed E-state index contributed by atoms with van der Waals surface area (Å²) < 4.78 is 27.7. The first kappa shape index (κ1) is 29.5. The van der Waals surface area contributed by atoms with E-state index in [9.17, 15) is 18.7 Å². The van der Waals surface area contributed by atoms with Crippen LogP contribution in [0, 0.1) is 17.0 Å². The smallest absolute Gasteiger partial charge is 0.254 e. The number of hydrogen-bond acceptors (Lipinski definition) is 5. The molecule has 206 valence electrons. The number of carbonyl (C=O) groups is 1. The summed E-state index contributed by atoms with van der Waals surface area (Å²) in [6.45, 7) is 6.68. The molecule has 1 saturated carbocycles. The number of amides is 1. The Hall–Kier alpha value is -3.10. The number of hydrogen-bond donors (Lipinski definition) is 5. The van der Waals surface area contributed by atoms with Crippen LogP contribution < -0.4 is 16.4 Å². The molecule has 6 N–H and O–H groups in total. The van der Waals surface area contributed by atoms with Gasteiger partial charge in [-0.1, -0.05) is 64.3 Å². The van der Waals surface area contributed by atoms with E-state index >= 15 is 0 Å². The summed E-state index contributed by atoms with van der Waals surface area (Å²) in [5.74, 6) is -2.12. The maximum Gasteiger partial charge on any atom is 0.254 e. The minimum atomic E-state index is -1.08. The van der Waals surface area contributed by atoms with Crippen molar-refractivity contribution in [2.75, 3.05) is 6.54 Å². The molecule has 2 unspecified atom stereocenters. The maximum absolute atomic E-state index is 13.9. The summed E-state index contributed by atoms with van der Waals surface area (Å²) in [5, 5.41) is 25.0. The number of rotatable bonds is 10. The normalized spacial score (nSPS) is 17.5. The quantitative estimate of drug-likeness (QED) is 0.230. The van der Waals surface area contributed by atoms with Crippen LogP contribution in [0.1, 0.15) is 69.6 Å². The molecule has 38 heavy (non-hydrogen) atoms. The van der Waals surface area contributed by atoms with Gasteiger partial charge in [0.25, 0.3) is 5.91 Å². The summed E-state index contributed by atoms with van der Waals surface area (Å²) in [4.78, 5) is 12.7. The van der Waals surface area contributed by atoms with E-state index in [1.54, 1.807) is 0 Å². The van der Waals surface area contributed by atoms with E-state index in [-0.39, 0.29) is 29.5 Å². The van der Waals surface area contributed by atoms with Gasteiger partial charge in [-0.15, -0.1) is 0 Å². The Labute approximate surface area is 224 Å². The molecule has 0 saturated heterocycles. The molecule has 0 spiro atoms. The third-order valence-electron chi connectivity index (χ3n) is 7.39. The third-order valence-corrected chi connectivity index (χ3v) is 7.39. The number of aliphatic hydroxyl groups excluding tert-OH is 1. The molecule has 0 bridgehead atoms. The van der Waals surface area contributed by atoms with Gasteiger partial charge in [0.05, 0.1) is 17.7 Å². The molecule has 0 aromatic heterocycles. The van der Waals surface area contributed by atoms with Crippen LogP contribution in [0.15, 0.2) is 54.2 Å². The molecule has 0 heterocycles. The van der Waals surface area contributed by atoms with Gasteiger partial charge in [0, 0.05) is 30.6 Å². The molecule has 8 heteroatoms. The highest BCUT2D eigenvalue weighted by molar-refractivity contribution is 6.11. The number of benzene rings is 2. The second-order valence-electron chi connectivity index (χ2n) is 11.2. The van der Waals surface area contributed by atoms with Crippen molar-refractivity contribution in [1.29, 1.82) is 5.41 Å². The predicted octanol–water partition coefficient (Wildman–Crippen LogP) is 4.59. The molecule has 2 aromatic rings. The first-order valence-corrected chi connectivity index (χ1v) is 13.2. The summed E-state index contributed by atoms with van der Waals surface area (Å²) in [6, 6.07) is 10.8. The fourth-order valence-electron chi connectivity index (χ4n) is 5.16. The molecule has 2 aromatic carbocycles. The molecule has 6 nitrogen and oxygen atoms in total. The molecule has 2 atom stereocenters. The highest BCUT2D eigenvalue weighted by Gasteiger charge is 2.35. The predicted molar refractivity (Wildman–Crippen MR) is 147 cm³/mol. The van der Waals surface area contributed by atoms with Gasteiger partial charge in [-0.3, -0.25) is 4.79 Å². The van der Waals surface area contributed by atoms with E-state index in [0.717, 1.165) is 50.6 Å². The van der Waals surface area contributed by atoms with Gasteiger partial charge in [0.1, 0.15) is 11.6 Å². The van der Waals surface area contributed by atoms with Gasteiger partial charge in [0.2, 0.25) is 0 Å². The van der Waals surface area contributed by atoms with E-state index in [2.05, 4.69) is 55.7 Å². The van der Waals surface area contributed by atoms with Crippen LogP contribution in [0.5, 0.6) is 0 Å². The Morgan fingerprint density at radius 1 is 1.13 bits per heavy atom. The minimum Gasteiger partial charge on any atom is -0.404 e. The third kappa shape index (κ3) is 7.48. The number of carbonyl (C=O) groups excluding carboxylic acids is 1. The molecule has 1 fully saturated rings. The number of nitrogens with two attached hydrogens (primary N) is 1. The average molecular weight is 527 g/mol. The summed E-state index contributed by atoms with van der Waals surface area (Å²) in [7, 11) is 0. The topological polar surface area (TPSA) is 111 Å². The van der Waals surface area contributed by atoms with Crippen LogP contribution >= 0.6 is 0 Å². The van der Waals surface area contributed by atoms with Crippen molar-refractivity contribution in [2.45, 2.75) is 82.4 Å². The fourth-order valence-corrected chi connectivity index (χ4v) is 5.16. The highest BCUT2D eigenvalue weighted by Crippen LogP contribution is 2.38. The zero-order chi connectivity index (χ0) is 27.9. The Morgan fingerprint density at radius 2 is 1.79 bits per heavy atom. The average Bonchev–Trinajstić information content (AvgIpc) is 2.87. The lowest BCUT2D eigenvalue weighted by Crippen LogP contribution is -2.53. The van der Waals surface area contributed by atoms with Gasteiger partial charge < -0.3 is 26.9 Å². The lowest BCUT2D eigenvalue weighted by Gasteiger charge is -2.41. The maximum atomic E-state index is 13.9. The SMILES string of the molecule is CC(C)(C)c1cccc(C2(NCC(O)C(Cc3cc(F)cc(F)c3)NC(=O)/C(C=N)=C/N)CCCCC2)c1. The van der Waals surface area contributed by atoms with Crippen LogP contribution in [-0.2, 0) is 22.2 Å². The van der Waals surface area contributed by atoms with Gasteiger partial charge in [0.15, 0.2) is 0 Å². The minimum absolute atomic E-state index is 0.00831. The van der Waals surface area contributed by atoms with Crippen molar-refractivity contribution < 1.29 is 18.7 Å². The zero-order valence-corrected chi connectivity index (χ0v) is 22.5. The molecule has 3 rings (SSSR count). The standard InChI is InChI=1S/C30H40F2N4O2/c1-29(2,3)22-8-7-9-23(15-22)30(10-5-4-6-11-30)35-19-27(37)26(36-28(38)21(17-33)18-34)14-20-12-24(31)16-25(32)13-20/h7-9,12-13,15-18,26-27,33,35,37H,4-6,10-11,14,19,34H2,1-3H3,(H,36,38)/b21-18+,33-17?. The van der Waals surface area contributed by atoms with Gasteiger partial charge in [-0.25, -0.2) is 8.78 Å². The Bertz CT molecular complexity index is 1130. The van der Waals surface area contributed by atoms with E-state index < -0.39 is 29.7 Å². The highest BCUT2D eigenvalue weighted by atomic mass is 19.1. The van der Waals surface area contributed by atoms with E-state index in [1.165, 1.54) is 23.3 Å². The molecule has 1 aliphatic carbocycles. The molecule has 1 aliphatic rings. The van der Waals surface area contributed by atoms with Crippen LogP contribution in [0.4, 0.5) is 8.78 Å². The lowest BCUT2D eigenvalue weighted by atomic mass is 9.74. The fraction of sp³-hybridized carbons (Fsp3) is 0.467. The number of halogens is 2. The van der Waals surface area contributed by atoms with Crippen molar-refractivity contribution in [3.8, 4) is 0 Å². The molecular formula is C30H40F2N4O2. The Balaban J connectivity index is 1.86. The summed E-state index contributed by atoms with van der Waals surface area (Å²) in [6.07, 6.45) is 5.80. The van der Waals surface area contributed by atoms with E-state index in [0.29, 0.717) is 5.56 Å². The summed E-state index contributed by atoms with van der Waals surface area (Å²) >= 11 is 0. The van der Waals surface area contributed by atoms with Crippen molar-refractivity contribution in [1.82, 2.24) is 10.6 Å². The van der Waals surface area contributed by atoms with Gasteiger partial charge in [-0.05, 0) is 53.5 Å². The largest absolute Gasteiger partial charge is 0.404 e. The van der Waals surface area contributed by atoms with E-state index in [1.807, 2.05) is 0 Å². The van der Waals surface area contributed by atoms with Crippen LogP contribution in [-0.4, -0.2) is 35.9 Å². The van der Waals surface area contributed by atoms with Crippen molar-refractivity contribution >= 4 is 12.1 Å². The van der Waals surface area contributed by atoms with E-state index in [4.69, 9.17) is 11.1 Å². The summed E-state index contributed by atoms with van der Waals surface area (Å²) in [5.41, 5.74) is 7.73. The van der Waals surface area contributed by atoms with Crippen LogP contribution in [0.2, 0.25) is 0 Å². The number of nitrogens with one attached hydrogen (secondary N) is 3. The van der Waals surface area contributed by atoms with Gasteiger partial charge >= 0.3 is 0 Å². The second-order valence-corrected chi connectivity index (χ2v) is 11.2. The Morgan fingerprint density at radius 3 is 2.37 bits per heavy atom. The number of aliphatic hydroxyl groups is 1.